The molecule has 0 heterocycles. The number of halogens is 3. The average molecular weight is 432 g/mol. The normalized spacial score (nSPS) is 10.7. The van der Waals surface area contributed by atoms with E-state index in [2.05, 4.69) is 26.5 Å². The Morgan fingerprint density at radius 2 is 1.88 bits per heavy atom. The second-order valence-electron chi connectivity index (χ2n) is 4.54. The van der Waals surface area contributed by atoms with E-state index in [0.29, 0.717) is 31.6 Å². The molecule has 2 rings (SSSR count). The molecule has 1 N–H and O–H groups in total. The van der Waals surface area contributed by atoms with Crippen LogP contribution in [0.1, 0.15) is 5.56 Å². The molecule has 126 valence electrons. The van der Waals surface area contributed by atoms with E-state index in [0.717, 1.165) is 0 Å². The number of rotatable bonds is 6. The highest BCUT2D eigenvalue weighted by molar-refractivity contribution is 9.10. The highest BCUT2D eigenvalue weighted by Gasteiger charge is 2.06. The molecular formula is C16H13BrCl2N2O3. The van der Waals surface area contributed by atoms with E-state index in [9.17, 15) is 4.79 Å². The van der Waals surface area contributed by atoms with Gasteiger partial charge < -0.3 is 9.47 Å². The largest absolute Gasteiger partial charge is 0.496 e. The molecule has 0 aromatic heterocycles. The van der Waals surface area contributed by atoms with Crippen molar-refractivity contribution in [2.75, 3.05) is 13.7 Å². The van der Waals surface area contributed by atoms with Gasteiger partial charge in [0.2, 0.25) is 0 Å². The molecule has 2 aromatic carbocycles. The lowest BCUT2D eigenvalue weighted by atomic mass is 10.2. The predicted molar refractivity (Wildman–Crippen MR) is 98.4 cm³/mol. The van der Waals surface area contributed by atoms with E-state index >= 15 is 0 Å². The Hall–Kier alpha value is -1.76. The SMILES string of the molecule is COc1ccc(Cl)cc1/C=N\NC(=O)COc1ccc(Cl)cc1Br. The summed E-state index contributed by atoms with van der Waals surface area (Å²) in [6, 6.07) is 10.1. The highest BCUT2D eigenvalue weighted by atomic mass is 79.9. The molecule has 0 aliphatic heterocycles. The Labute approximate surface area is 157 Å². The average Bonchev–Trinajstić information content (AvgIpc) is 2.54. The summed E-state index contributed by atoms with van der Waals surface area (Å²) in [5.41, 5.74) is 3.01. The van der Waals surface area contributed by atoms with E-state index in [1.807, 2.05) is 0 Å². The molecule has 0 saturated carbocycles. The monoisotopic (exact) mass is 430 g/mol. The van der Waals surface area contributed by atoms with Crippen molar-refractivity contribution in [3.63, 3.8) is 0 Å². The number of nitrogens with one attached hydrogen (secondary N) is 1. The molecular weight excluding hydrogens is 419 g/mol. The summed E-state index contributed by atoms with van der Waals surface area (Å²) in [7, 11) is 1.54. The number of hydrogen-bond acceptors (Lipinski definition) is 4. The molecule has 24 heavy (non-hydrogen) atoms. The molecule has 8 heteroatoms. The van der Waals surface area contributed by atoms with Gasteiger partial charge in [-0.05, 0) is 52.3 Å². The van der Waals surface area contributed by atoms with E-state index in [1.165, 1.54) is 13.3 Å². The minimum atomic E-state index is -0.408. The molecule has 0 bridgehead atoms. The van der Waals surface area contributed by atoms with Crippen LogP contribution < -0.4 is 14.9 Å². The number of ether oxygens (including phenoxy) is 2. The van der Waals surface area contributed by atoms with Crippen molar-refractivity contribution >= 4 is 51.3 Å². The van der Waals surface area contributed by atoms with Crippen LogP contribution in [0.15, 0.2) is 46.0 Å². The maximum absolute atomic E-state index is 11.8. The maximum Gasteiger partial charge on any atom is 0.277 e. The Balaban J connectivity index is 1.90. The third kappa shape index (κ3) is 5.40. The molecule has 0 unspecified atom stereocenters. The van der Waals surface area contributed by atoms with Crippen molar-refractivity contribution in [1.29, 1.82) is 0 Å². The van der Waals surface area contributed by atoms with Crippen molar-refractivity contribution in [3.05, 3.63) is 56.5 Å². The summed E-state index contributed by atoms with van der Waals surface area (Å²) in [4.78, 5) is 11.8. The number of methoxy groups -OCH3 is 1. The predicted octanol–water partition coefficient (Wildman–Crippen LogP) is 4.29. The fourth-order valence-electron chi connectivity index (χ4n) is 1.75. The topological polar surface area (TPSA) is 59.9 Å². The van der Waals surface area contributed by atoms with Crippen molar-refractivity contribution < 1.29 is 14.3 Å². The lowest BCUT2D eigenvalue weighted by Gasteiger charge is -2.07. The first-order chi connectivity index (χ1) is 11.5. The third-order valence-corrected chi connectivity index (χ3v) is 3.93. The first-order valence-electron chi connectivity index (χ1n) is 6.73. The van der Waals surface area contributed by atoms with Gasteiger partial charge in [0.1, 0.15) is 11.5 Å². The number of hydrazone groups is 1. The standard InChI is InChI=1S/C16H13BrCl2N2O3/c1-23-14-4-2-11(18)6-10(14)8-20-21-16(22)9-24-15-5-3-12(19)7-13(15)17/h2-8H,9H2,1H3,(H,21,22)/b20-8-. The number of amides is 1. The second kappa shape index (κ2) is 8.92. The van der Waals surface area contributed by atoms with E-state index < -0.39 is 5.91 Å². The van der Waals surface area contributed by atoms with Crippen LogP contribution in [0, 0.1) is 0 Å². The van der Waals surface area contributed by atoms with Gasteiger partial charge in [-0.15, -0.1) is 0 Å². The summed E-state index contributed by atoms with van der Waals surface area (Å²) in [6.45, 7) is -0.190. The Morgan fingerprint density at radius 1 is 1.21 bits per heavy atom. The zero-order valence-electron chi connectivity index (χ0n) is 12.6. The molecule has 1 amide bonds. The van der Waals surface area contributed by atoms with Gasteiger partial charge in [-0.3, -0.25) is 4.79 Å². The number of benzene rings is 2. The van der Waals surface area contributed by atoms with Crippen LogP contribution in [-0.4, -0.2) is 25.8 Å². The van der Waals surface area contributed by atoms with Gasteiger partial charge in [-0.1, -0.05) is 23.2 Å². The first-order valence-corrected chi connectivity index (χ1v) is 8.28. The van der Waals surface area contributed by atoms with Gasteiger partial charge in [0.25, 0.3) is 5.91 Å². The summed E-state index contributed by atoms with van der Waals surface area (Å²) in [6.07, 6.45) is 1.45. The minimum absolute atomic E-state index is 0.190. The zero-order chi connectivity index (χ0) is 17.5. The van der Waals surface area contributed by atoms with Crippen LogP contribution in [-0.2, 0) is 4.79 Å². The van der Waals surface area contributed by atoms with Gasteiger partial charge in [0.05, 0.1) is 17.8 Å². The second-order valence-corrected chi connectivity index (χ2v) is 6.27. The molecule has 0 saturated heterocycles. The lowest BCUT2D eigenvalue weighted by molar-refractivity contribution is -0.123. The maximum atomic E-state index is 11.8. The van der Waals surface area contributed by atoms with Crippen molar-refractivity contribution in [2.24, 2.45) is 5.10 Å². The minimum Gasteiger partial charge on any atom is -0.496 e. The molecule has 0 spiro atoms. The summed E-state index contributed by atoms with van der Waals surface area (Å²) in [5, 5.41) is 4.97. The quantitative estimate of drug-likeness (QED) is 0.548. The van der Waals surface area contributed by atoms with E-state index in [1.54, 1.807) is 36.4 Å². The number of nitrogens with zero attached hydrogens (tertiary/aromatic N) is 1. The molecule has 0 fully saturated rings. The molecule has 0 aliphatic carbocycles. The van der Waals surface area contributed by atoms with Crippen molar-refractivity contribution in [3.8, 4) is 11.5 Å². The van der Waals surface area contributed by atoms with Gasteiger partial charge in [-0.25, -0.2) is 5.43 Å². The van der Waals surface area contributed by atoms with Crippen LogP contribution in [0.3, 0.4) is 0 Å². The van der Waals surface area contributed by atoms with E-state index in [-0.39, 0.29) is 6.61 Å². The summed E-state index contributed by atoms with van der Waals surface area (Å²) >= 11 is 15.1. The van der Waals surface area contributed by atoms with Gasteiger partial charge in [0, 0.05) is 15.6 Å². The first kappa shape index (κ1) is 18.6. The number of hydrogen-bond donors (Lipinski definition) is 1. The van der Waals surface area contributed by atoms with Gasteiger partial charge >= 0.3 is 0 Å². The van der Waals surface area contributed by atoms with Crippen LogP contribution in [0.25, 0.3) is 0 Å². The summed E-state index contributed by atoms with van der Waals surface area (Å²) in [5.74, 6) is 0.697. The Bertz CT molecular complexity index is 769. The van der Waals surface area contributed by atoms with Gasteiger partial charge in [-0.2, -0.15) is 5.10 Å². The molecule has 5 nitrogen and oxygen atoms in total. The molecule has 2 aromatic rings. The van der Waals surface area contributed by atoms with Crippen LogP contribution >= 0.6 is 39.1 Å². The smallest absolute Gasteiger partial charge is 0.277 e. The molecule has 0 atom stereocenters. The molecule has 0 radical (unpaired) electrons. The summed E-state index contributed by atoms with van der Waals surface area (Å²) < 4.78 is 11.2. The fraction of sp³-hybridized carbons (Fsp3) is 0.125. The molecule has 0 aliphatic rings. The highest BCUT2D eigenvalue weighted by Crippen LogP contribution is 2.27. The zero-order valence-corrected chi connectivity index (χ0v) is 15.7. The number of carbonyl (C=O) groups is 1. The van der Waals surface area contributed by atoms with Crippen LogP contribution in [0.5, 0.6) is 11.5 Å². The van der Waals surface area contributed by atoms with Crippen molar-refractivity contribution in [2.45, 2.75) is 0 Å². The van der Waals surface area contributed by atoms with Gasteiger partial charge in [0.15, 0.2) is 6.61 Å². The Kier molecular flexibility index (Phi) is 6.90. The fourth-order valence-corrected chi connectivity index (χ4v) is 2.73. The Morgan fingerprint density at radius 3 is 2.54 bits per heavy atom. The number of carbonyl (C=O) groups excluding carboxylic acids is 1. The lowest BCUT2D eigenvalue weighted by Crippen LogP contribution is -2.24. The van der Waals surface area contributed by atoms with Crippen molar-refractivity contribution in [1.82, 2.24) is 5.43 Å². The van der Waals surface area contributed by atoms with E-state index in [4.69, 9.17) is 32.7 Å². The van der Waals surface area contributed by atoms with Crippen LogP contribution in [0.2, 0.25) is 10.0 Å². The van der Waals surface area contributed by atoms with Crippen LogP contribution in [0.4, 0.5) is 0 Å². The third-order valence-electron chi connectivity index (χ3n) is 2.84.